The van der Waals surface area contributed by atoms with Crippen molar-refractivity contribution in [2.24, 2.45) is 0 Å². The van der Waals surface area contributed by atoms with E-state index in [1.807, 2.05) is 69.3 Å². The van der Waals surface area contributed by atoms with Crippen molar-refractivity contribution < 1.29 is 14.7 Å². The van der Waals surface area contributed by atoms with Crippen LogP contribution in [0.25, 0.3) is 10.4 Å². The number of carbonyl (C=O) groups is 2. The maximum atomic E-state index is 13.0. The van der Waals surface area contributed by atoms with Gasteiger partial charge in [-0.1, -0.05) is 24.3 Å². The van der Waals surface area contributed by atoms with Gasteiger partial charge in [0.1, 0.15) is 4.88 Å². The third-order valence-electron chi connectivity index (χ3n) is 5.77. The van der Waals surface area contributed by atoms with Crippen molar-refractivity contribution in [2.75, 3.05) is 18.4 Å². The van der Waals surface area contributed by atoms with E-state index >= 15 is 0 Å². The number of carboxylic acid groups (broad SMARTS) is 1. The Bertz CT molecular complexity index is 1170. The molecule has 4 N–H and O–H groups in total. The Morgan fingerprint density at radius 3 is 2.53 bits per heavy atom. The van der Waals surface area contributed by atoms with Gasteiger partial charge in [0, 0.05) is 29.2 Å². The Balaban J connectivity index is 1.50. The van der Waals surface area contributed by atoms with Crippen LogP contribution in [0.15, 0.2) is 48.5 Å². The fraction of sp³-hybridized carbons (Fsp3) is 0.280. The van der Waals surface area contributed by atoms with Crippen LogP contribution >= 0.6 is 11.3 Å². The second-order valence-electron chi connectivity index (χ2n) is 8.28. The van der Waals surface area contributed by atoms with Crippen molar-refractivity contribution in [2.45, 2.75) is 32.9 Å². The Kier molecular flexibility index (Phi) is 6.30. The summed E-state index contributed by atoms with van der Waals surface area (Å²) >= 11 is 1.27. The van der Waals surface area contributed by atoms with E-state index in [0.717, 1.165) is 45.9 Å². The molecular weight excluding hydrogens is 422 g/mol. The summed E-state index contributed by atoms with van der Waals surface area (Å²) in [5.74, 6) is -1.02. The maximum absolute atomic E-state index is 13.0. The van der Waals surface area contributed by atoms with Crippen LogP contribution < -0.4 is 16.0 Å². The molecular formula is C25H27N3O3S. The highest BCUT2D eigenvalue weighted by Gasteiger charge is 2.19. The Hall–Kier alpha value is -3.16. The number of nitrogens with one attached hydrogen (secondary N) is 3. The molecule has 1 unspecified atom stereocenters. The highest BCUT2D eigenvalue weighted by atomic mass is 32.1. The molecule has 1 aliphatic heterocycles. The third-order valence-corrected chi connectivity index (χ3v) is 7.04. The van der Waals surface area contributed by atoms with Gasteiger partial charge in [0.15, 0.2) is 0 Å². The first-order valence-corrected chi connectivity index (χ1v) is 11.5. The highest BCUT2D eigenvalue weighted by molar-refractivity contribution is 7.17. The number of benzene rings is 2. The molecule has 0 spiro atoms. The summed E-state index contributed by atoms with van der Waals surface area (Å²) in [7, 11) is 0. The molecule has 0 saturated carbocycles. The van der Waals surface area contributed by atoms with Crippen molar-refractivity contribution in [3.8, 4) is 10.4 Å². The summed E-state index contributed by atoms with van der Waals surface area (Å²) in [5.41, 5.74) is 5.20. The lowest BCUT2D eigenvalue weighted by Crippen LogP contribution is -2.51. The minimum Gasteiger partial charge on any atom is -0.477 e. The van der Waals surface area contributed by atoms with E-state index in [-0.39, 0.29) is 11.9 Å². The quantitative estimate of drug-likeness (QED) is 0.423. The van der Waals surface area contributed by atoms with E-state index in [2.05, 4.69) is 16.0 Å². The molecule has 7 heteroatoms. The van der Waals surface area contributed by atoms with Gasteiger partial charge in [0.25, 0.3) is 5.91 Å². The van der Waals surface area contributed by atoms with Crippen molar-refractivity contribution in [1.82, 2.24) is 10.6 Å². The summed E-state index contributed by atoms with van der Waals surface area (Å²) < 4.78 is 0. The molecule has 3 aromatic rings. The minimum atomic E-state index is -0.906. The second-order valence-corrected chi connectivity index (χ2v) is 9.33. The summed E-state index contributed by atoms with van der Waals surface area (Å²) in [4.78, 5) is 25.7. The Morgan fingerprint density at radius 2 is 1.88 bits per heavy atom. The molecule has 1 aliphatic rings. The average Bonchev–Trinajstić information content (AvgIpc) is 3.14. The fourth-order valence-corrected chi connectivity index (χ4v) is 4.75. The van der Waals surface area contributed by atoms with Crippen molar-refractivity contribution in [3.63, 3.8) is 0 Å². The Morgan fingerprint density at radius 1 is 1.09 bits per heavy atom. The van der Waals surface area contributed by atoms with Gasteiger partial charge < -0.3 is 21.1 Å². The number of aryl methyl sites for hydroxylation is 2. The van der Waals surface area contributed by atoms with Gasteiger partial charge >= 0.3 is 5.97 Å². The zero-order valence-corrected chi connectivity index (χ0v) is 19.2. The molecule has 0 aliphatic carbocycles. The molecule has 1 aromatic heterocycles. The lowest BCUT2D eigenvalue weighted by molar-refractivity contribution is 0.0701. The predicted molar refractivity (Wildman–Crippen MR) is 129 cm³/mol. The van der Waals surface area contributed by atoms with E-state index in [4.69, 9.17) is 0 Å². The zero-order chi connectivity index (χ0) is 22.8. The fourth-order valence-electron chi connectivity index (χ4n) is 3.74. The molecule has 1 fully saturated rings. The number of carbonyl (C=O) groups excluding carboxylic acids is 1. The number of anilines is 1. The number of carboxylic acids is 1. The van der Waals surface area contributed by atoms with Crippen LogP contribution in [0.2, 0.25) is 0 Å². The number of aromatic carboxylic acids is 1. The number of amides is 1. The van der Waals surface area contributed by atoms with Gasteiger partial charge in [-0.05, 0) is 67.3 Å². The van der Waals surface area contributed by atoms with Crippen LogP contribution in [0.5, 0.6) is 0 Å². The minimum absolute atomic E-state index is 0.115. The van der Waals surface area contributed by atoms with E-state index in [1.165, 1.54) is 11.3 Å². The van der Waals surface area contributed by atoms with Crippen molar-refractivity contribution in [1.29, 1.82) is 0 Å². The number of hydrogen-bond donors (Lipinski definition) is 4. The topological polar surface area (TPSA) is 90.5 Å². The molecule has 1 saturated heterocycles. The maximum Gasteiger partial charge on any atom is 0.346 e. The molecule has 6 nitrogen and oxygen atoms in total. The monoisotopic (exact) mass is 449 g/mol. The Labute approximate surface area is 191 Å². The van der Waals surface area contributed by atoms with Crippen LogP contribution in [0, 0.1) is 13.8 Å². The predicted octanol–water partition coefficient (Wildman–Crippen LogP) is 4.60. The first-order valence-electron chi connectivity index (χ1n) is 10.6. The van der Waals surface area contributed by atoms with Gasteiger partial charge in [0.05, 0.1) is 12.1 Å². The molecule has 1 amide bonds. The van der Waals surface area contributed by atoms with Gasteiger partial charge in [-0.25, -0.2) is 4.79 Å². The van der Waals surface area contributed by atoms with Gasteiger partial charge in [-0.3, -0.25) is 4.79 Å². The van der Waals surface area contributed by atoms with E-state index in [1.54, 1.807) is 0 Å². The summed E-state index contributed by atoms with van der Waals surface area (Å²) in [6.07, 6.45) is 0. The van der Waals surface area contributed by atoms with Crippen molar-refractivity contribution in [3.05, 3.63) is 75.7 Å². The summed E-state index contributed by atoms with van der Waals surface area (Å²) in [5, 5.41) is 19.1. The third kappa shape index (κ3) is 4.69. The van der Waals surface area contributed by atoms with Gasteiger partial charge in [-0.2, -0.15) is 0 Å². The highest BCUT2D eigenvalue weighted by Crippen LogP contribution is 2.32. The largest absolute Gasteiger partial charge is 0.477 e. The molecule has 32 heavy (non-hydrogen) atoms. The van der Waals surface area contributed by atoms with Gasteiger partial charge in [0.2, 0.25) is 0 Å². The molecule has 2 aromatic carbocycles. The van der Waals surface area contributed by atoms with E-state index in [9.17, 15) is 14.7 Å². The summed E-state index contributed by atoms with van der Waals surface area (Å²) in [6.45, 7) is 7.56. The first-order chi connectivity index (χ1) is 15.3. The summed E-state index contributed by atoms with van der Waals surface area (Å²) in [6, 6.07) is 15.9. The second kappa shape index (κ2) is 9.14. The average molecular weight is 450 g/mol. The lowest BCUT2D eigenvalue weighted by atomic mass is 10.0. The van der Waals surface area contributed by atoms with Crippen LogP contribution in [-0.2, 0) is 0 Å². The number of thiophene rings is 1. The molecule has 1 atom stereocenters. The molecule has 0 bridgehead atoms. The molecule has 0 radical (unpaired) electrons. The number of hydrogen-bond acceptors (Lipinski definition) is 5. The lowest BCUT2D eigenvalue weighted by Gasteiger charge is -2.29. The van der Waals surface area contributed by atoms with E-state index < -0.39 is 5.97 Å². The standard InChI is InChI=1S/C25H27N3O3S/c1-14-7-8-19(28-20-12-26-13-20)11-21(14)24(29)27-16(3)17-5-4-6-18(10-17)22-9-15(2)23(32-22)25(30)31/h4-11,16,20,26,28H,12-13H2,1-3H3,(H,27,29)(H,30,31). The van der Waals surface area contributed by atoms with Crippen LogP contribution in [0.4, 0.5) is 5.69 Å². The smallest absolute Gasteiger partial charge is 0.346 e. The van der Waals surface area contributed by atoms with Crippen molar-refractivity contribution >= 4 is 28.9 Å². The molecule has 4 rings (SSSR count). The van der Waals surface area contributed by atoms with Gasteiger partial charge in [-0.15, -0.1) is 11.3 Å². The first kappa shape index (κ1) is 22.0. The SMILES string of the molecule is Cc1ccc(NC2CNC2)cc1C(=O)NC(C)c1cccc(-c2cc(C)c(C(=O)O)s2)c1. The van der Waals surface area contributed by atoms with Crippen LogP contribution in [-0.4, -0.2) is 36.1 Å². The number of rotatable bonds is 7. The zero-order valence-electron chi connectivity index (χ0n) is 18.4. The van der Waals surface area contributed by atoms with Crippen LogP contribution in [0.1, 0.15) is 49.7 Å². The van der Waals surface area contributed by atoms with E-state index in [0.29, 0.717) is 16.5 Å². The molecule has 2 heterocycles. The normalized spacial score (nSPS) is 14.5. The molecule has 166 valence electrons. The van der Waals surface area contributed by atoms with Crippen LogP contribution in [0.3, 0.4) is 0 Å².